The van der Waals surface area contributed by atoms with Crippen LogP contribution in [0, 0.1) is 6.92 Å². The Morgan fingerprint density at radius 2 is 2.27 bits per heavy atom. The standard InChI is InChI=1S/C17H21N3OS/c1-11(2)16-19-12(3)15(22-16)17(21)20-9-5-7-14(20)13-6-4-8-18-10-13/h4,6,8,10-11,14H,5,7,9H2,1-3H3. The molecular weight excluding hydrogens is 294 g/mol. The van der Waals surface area contributed by atoms with Crippen molar-refractivity contribution in [1.29, 1.82) is 0 Å². The third-order valence-corrected chi connectivity index (χ3v) is 5.53. The molecule has 0 spiro atoms. The van der Waals surface area contributed by atoms with E-state index >= 15 is 0 Å². The van der Waals surface area contributed by atoms with Crippen LogP contribution in [-0.4, -0.2) is 27.3 Å². The summed E-state index contributed by atoms with van der Waals surface area (Å²) in [5, 5.41) is 1.04. The number of pyridine rings is 1. The Bertz CT molecular complexity index is 666. The van der Waals surface area contributed by atoms with E-state index in [0.29, 0.717) is 5.92 Å². The SMILES string of the molecule is Cc1nc(C(C)C)sc1C(=O)N1CCCC1c1cccnc1. The number of amides is 1. The lowest BCUT2D eigenvalue weighted by Gasteiger charge is -2.24. The Morgan fingerprint density at radius 3 is 2.91 bits per heavy atom. The van der Waals surface area contributed by atoms with Crippen LogP contribution in [0.15, 0.2) is 24.5 Å². The van der Waals surface area contributed by atoms with Gasteiger partial charge in [0.15, 0.2) is 0 Å². The molecule has 1 aliphatic rings. The molecule has 0 N–H and O–H groups in total. The van der Waals surface area contributed by atoms with Gasteiger partial charge in [-0.1, -0.05) is 19.9 Å². The molecule has 3 heterocycles. The average Bonchev–Trinajstić information content (AvgIpc) is 3.14. The summed E-state index contributed by atoms with van der Waals surface area (Å²) in [6.45, 7) is 6.97. The molecule has 1 unspecified atom stereocenters. The van der Waals surface area contributed by atoms with Gasteiger partial charge in [0.1, 0.15) is 4.88 Å². The fourth-order valence-corrected chi connectivity index (χ4v) is 3.95. The molecule has 2 aromatic rings. The smallest absolute Gasteiger partial charge is 0.266 e. The van der Waals surface area contributed by atoms with Crippen molar-refractivity contribution in [2.45, 2.75) is 45.6 Å². The zero-order chi connectivity index (χ0) is 15.7. The van der Waals surface area contributed by atoms with Crippen LogP contribution in [0.5, 0.6) is 0 Å². The van der Waals surface area contributed by atoms with Crippen LogP contribution in [0.3, 0.4) is 0 Å². The van der Waals surface area contributed by atoms with E-state index in [-0.39, 0.29) is 11.9 Å². The summed E-state index contributed by atoms with van der Waals surface area (Å²) >= 11 is 1.54. The van der Waals surface area contributed by atoms with Crippen LogP contribution < -0.4 is 0 Å². The molecule has 0 saturated carbocycles. The molecule has 116 valence electrons. The number of likely N-dealkylation sites (tertiary alicyclic amines) is 1. The highest BCUT2D eigenvalue weighted by atomic mass is 32.1. The van der Waals surface area contributed by atoms with E-state index in [4.69, 9.17) is 0 Å². The van der Waals surface area contributed by atoms with Gasteiger partial charge in [0.05, 0.1) is 16.7 Å². The third-order valence-electron chi connectivity index (χ3n) is 4.08. The maximum Gasteiger partial charge on any atom is 0.266 e. The lowest BCUT2D eigenvalue weighted by atomic mass is 10.1. The highest BCUT2D eigenvalue weighted by Crippen LogP contribution is 2.35. The van der Waals surface area contributed by atoms with E-state index < -0.39 is 0 Å². The van der Waals surface area contributed by atoms with Gasteiger partial charge in [-0.05, 0) is 31.4 Å². The second-order valence-corrected chi connectivity index (χ2v) is 7.09. The molecular formula is C17H21N3OS. The first-order valence-corrected chi connectivity index (χ1v) is 8.57. The van der Waals surface area contributed by atoms with Crippen molar-refractivity contribution in [3.8, 4) is 0 Å². The molecule has 1 fully saturated rings. The summed E-state index contributed by atoms with van der Waals surface area (Å²) in [6, 6.07) is 4.14. The van der Waals surface area contributed by atoms with Crippen molar-refractivity contribution in [3.05, 3.63) is 45.7 Å². The molecule has 1 amide bonds. The topological polar surface area (TPSA) is 46.1 Å². The zero-order valence-electron chi connectivity index (χ0n) is 13.2. The fraction of sp³-hybridized carbons (Fsp3) is 0.471. The first kappa shape index (κ1) is 15.2. The summed E-state index contributed by atoms with van der Waals surface area (Å²) in [7, 11) is 0. The first-order chi connectivity index (χ1) is 10.6. The third kappa shape index (κ3) is 2.77. The van der Waals surface area contributed by atoms with Crippen molar-refractivity contribution in [2.75, 3.05) is 6.54 Å². The number of aryl methyl sites for hydroxylation is 1. The largest absolute Gasteiger partial charge is 0.331 e. The van der Waals surface area contributed by atoms with Gasteiger partial charge < -0.3 is 4.90 Å². The van der Waals surface area contributed by atoms with Crippen LogP contribution in [0.2, 0.25) is 0 Å². The molecule has 2 aromatic heterocycles. The molecule has 0 aliphatic carbocycles. The molecule has 1 aliphatic heterocycles. The van der Waals surface area contributed by atoms with Crippen molar-refractivity contribution in [3.63, 3.8) is 0 Å². The molecule has 1 saturated heterocycles. The first-order valence-electron chi connectivity index (χ1n) is 7.76. The van der Waals surface area contributed by atoms with E-state index in [0.717, 1.165) is 40.5 Å². The maximum absolute atomic E-state index is 13.0. The van der Waals surface area contributed by atoms with Gasteiger partial charge in [-0.15, -0.1) is 11.3 Å². The molecule has 3 rings (SSSR count). The summed E-state index contributed by atoms with van der Waals surface area (Å²) in [5.74, 6) is 0.478. The molecule has 0 aromatic carbocycles. The quantitative estimate of drug-likeness (QED) is 0.861. The second-order valence-electron chi connectivity index (χ2n) is 6.06. The van der Waals surface area contributed by atoms with Crippen molar-refractivity contribution >= 4 is 17.2 Å². The van der Waals surface area contributed by atoms with Crippen LogP contribution in [0.4, 0.5) is 0 Å². The number of nitrogens with zero attached hydrogens (tertiary/aromatic N) is 3. The molecule has 1 atom stereocenters. The van der Waals surface area contributed by atoms with E-state index in [1.165, 1.54) is 0 Å². The van der Waals surface area contributed by atoms with E-state index in [9.17, 15) is 4.79 Å². The zero-order valence-corrected chi connectivity index (χ0v) is 14.1. The Morgan fingerprint density at radius 1 is 1.45 bits per heavy atom. The summed E-state index contributed by atoms with van der Waals surface area (Å²) in [5.41, 5.74) is 1.98. The highest BCUT2D eigenvalue weighted by Gasteiger charge is 2.32. The molecule has 22 heavy (non-hydrogen) atoms. The van der Waals surface area contributed by atoms with Gasteiger partial charge in [-0.2, -0.15) is 0 Å². The molecule has 0 radical (unpaired) electrons. The predicted octanol–water partition coefficient (Wildman–Crippen LogP) is 3.95. The van der Waals surface area contributed by atoms with Gasteiger partial charge in [0.25, 0.3) is 5.91 Å². The minimum Gasteiger partial charge on any atom is -0.331 e. The Hall–Kier alpha value is -1.75. The van der Waals surface area contributed by atoms with Gasteiger partial charge in [0, 0.05) is 24.9 Å². The van der Waals surface area contributed by atoms with Crippen molar-refractivity contribution < 1.29 is 4.79 Å². The van der Waals surface area contributed by atoms with E-state index in [1.54, 1.807) is 17.5 Å². The number of hydrogen-bond donors (Lipinski definition) is 0. The van der Waals surface area contributed by atoms with Gasteiger partial charge in [-0.3, -0.25) is 9.78 Å². The minimum atomic E-state index is 0.119. The number of aromatic nitrogens is 2. The van der Waals surface area contributed by atoms with Gasteiger partial charge in [0.2, 0.25) is 0 Å². The summed E-state index contributed by atoms with van der Waals surface area (Å²) in [6.07, 6.45) is 5.69. The minimum absolute atomic E-state index is 0.119. The van der Waals surface area contributed by atoms with E-state index in [2.05, 4.69) is 29.9 Å². The number of rotatable bonds is 3. The lowest BCUT2D eigenvalue weighted by molar-refractivity contribution is 0.0739. The summed E-state index contributed by atoms with van der Waals surface area (Å²) < 4.78 is 0. The molecule has 4 nitrogen and oxygen atoms in total. The molecule has 0 bridgehead atoms. The van der Waals surface area contributed by atoms with Crippen LogP contribution in [-0.2, 0) is 0 Å². The fourth-order valence-electron chi connectivity index (χ4n) is 2.92. The van der Waals surface area contributed by atoms with Crippen LogP contribution in [0.25, 0.3) is 0 Å². The Kier molecular flexibility index (Phi) is 4.25. The average molecular weight is 315 g/mol. The number of carbonyl (C=O) groups is 1. The van der Waals surface area contributed by atoms with Crippen molar-refractivity contribution in [1.82, 2.24) is 14.9 Å². The lowest BCUT2D eigenvalue weighted by Crippen LogP contribution is -2.30. The normalized spacial score (nSPS) is 18.2. The van der Waals surface area contributed by atoms with Crippen molar-refractivity contribution in [2.24, 2.45) is 0 Å². The van der Waals surface area contributed by atoms with E-state index in [1.807, 2.05) is 24.1 Å². The number of carbonyl (C=O) groups excluding carboxylic acids is 1. The van der Waals surface area contributed by atoms with Crippen LogP contribution >= 0.6 is 11.3 Å². The Balaban J connectivity index is 1.88. The number of thiazole rings is 1. The monoisotopic (exact) mass is 315 g/mol. The van der Waals surface area contributed by atoms with Crippen LogP contribution in [0.1, 0.15) is 64.6 Å². The highest BCUT2D eigenvalue weighted by molar-refractivity contribution is 7.13. The predicted molar refractivity (Wildman–Crippen MR) is 88.2 cm³/mol. The van der Waals surface area contributed by atoms with Gasteiger partial charge >= 0.3 is 0 Å². The Labute approximate surface area is 135 Å². The van der Waals surface area contributed by atoms with Gasteiger partial charge in [-0.25, -0.2) is 4.98 Å². The maximum atomic E-state index is 13.0. The number of hydrogen-bond acceptors (Lipinski definition) is 4. The molecule has 5 heteroatoms. The second kappa shape index (κ2) is 6.16. The summed E-state index contributed by atoms with van der Waals surface area (Å²) in [4.78, 5) is 24.5.